The zero-order valence-corrected chi connectivity index (χ0v) is 16.7. The fraction of sp³-hybridized carbons (Fsp3) is 0.200. The molecule has 0 bridgehead atoms. The number of benzene rings is 2. The Hall–Kier alpha value is -3.33. The lowest BCUT2D eigenvalue weighted by Crippen LogP contribution is -2.28. The molecule has 0 spiro atoms. The molecule has 8 nitrogen and oxygen atoms in total. The van der Waals surface area contributed by atoms with E-state index in [4.69, 9.17) is 4.74 Å². The van der Waals surface area contributed by atoms with Crippen molar-refractivity contribution in [2.24, 2.45) is 10.2 Å². The predicted molar refractivity (Wildman–Crippen MR) is 114 cm³/mol. The van der Waals surface area contributed by atoms with Gasteiger partial charge in [-0.2, -0.15) is 5.10 Å². The molecular weight excluding hydrogens is 392 g/mol. The van der Waals surface area contributed by atoms with Gasteiger partial charge >= 0.3 is 0 Å². The third kappa shape index (κ3) is 5.58. The SMILES string of the molecule is COc1cc(C=NN=C2NC(=O)C(CC(=O)Nc3ccc(C)cc3)S2)ccc1O. The van der Waals surface area contributed by atoms with Crippen molar-refractivity contribution in [2.45, 2.75) is 18.6 Å². The van der Waals surface area contributed by atoms with Crippen LogP contribution >= 0.6 is 11.8 Å². The third-order valence-electron chi connectivity index (χ3n) is 4.04. The topological polar surface area (TPSA) is 112 Å². The van der Waals surface area contributed by atoms with Gasteiger partial charge in [0.05, 0.1) is 13.3 Å². The van der Waals surface area contributed by atoms with Gasteiger partial charge in [0, 0.05) is 12.1 Å². The molecule has 1 atom stereocenters. The molecule has 1 aliphatic heterocycles. The van der Waals surface area contributed by atoms with Crippen molar-refractivity contribution in [3.05, 3.63) is 53.6 Å². The van der Waals surface area contributed by atoms with Crippen LogP contribution in [0.25, 0.3) is 0 Å². The first-order valence-corrected chi connectivity index (χ1v) is 9.64. The van der Waals surface area contributed by atoms with E-state index in [1.165, 1.54) is 19.4 Å². The second-order valence-electron chi connectivity index (χ2n) is 6.30. The summed E-state index contributed by atoms with van der Waals surface area (Å²) in [6, 6.07) is 12.2. The second-order valence-corrected chi connectivity index (χ2v) is 7.49. The van der Waals surface area contributed by atoms with Crippen molar-refractivity contribution >= 4 is 40.6 Å². The maximum Gasteiger partial charge on any atom is 0.240 e. The molecule has 2 aromatic rings. The molecule has 150 valence electrons. The minimum Gasteiger partial charge on any atom is -0.504 e. The average molecular weight is 412 g/mol. The van der Waals surface area contributed by atoms with Crippen LogP contribution in [0.4, 0.5) is 5.69 Å². The van der Waals surface area contributed by atoms with Gasteiger partial charge in [-0.25, -0.2) is 0 Å². The number of hydrogen-bond acceptors (Lipinski definition) is 7. The summed E-state index contributed by atoms with van der Waals surface area (Å²) in [5, 5.41) is 22.7. The Morgan fingerprint density at radius 3 is 2.79 bits per heavy atom. The number of rotatable bonds is 6. The minimum atomic E-state index is -0.567. The van der Waals surface area contributed by atoms with Crippen LogP contribution < -0.4 is 15.4 Å². The number of ether oxygens (including phenoxy) is 1. The van der Waals surface area contributed by atoms with E-state index >= 15 is 0 Å². The standard InChI is InChI=1S/C20H20N4O4S/c1-12-3-6-14(7-4-12)22-18(26)10-17-19(27)23-20(29-17)24-21-11-13-5-8-15(25)16(9-13)28-2/h3-9,11,17,25H,10H2,1-2H3,(H,22,26)(H,23,24,27). The highest BCUT2D eigenvalue weighted by Crippen LogP contribution is 2.26. The van der Waals surface area contributed by atoms with Gasteiger partial charge in [0.1, 0.15) is 5.25 Å². The number of methoxy groups -OCH3 is 1. The van der Waals surface area contributed by atoms with Gasteiger partial charge in [-0.15, -0.1) is 5.10 Å². The number of carbonyl (C=O) groups excluding carboxylic acids is 2. The van der Waals surface area contributed by atoms with Crippen LogP contribution in [0.15, 0.2) is 52.7 Å². The molecule has 3 rings (SSSR count). The number of phenolic OH excluding ortho intramolecular Hbond substituents is 1. The molecule has 1 aliphatic rings. The molecule has 1 fully saturated rings. The summed E-state index contributed by atoms with van der Waals surface area (Å²) in [4.78, 5) is 24.3. The second kappa shape index (κ2) is 9.24. The number of phenols is 1. The highest BCUT2D eigenvalue weighted by molar-refractivity contribution is 8.15. The summed E-state index contributed by atoms with van der Waals surface area (Å²) in [5.74, 6) is -0.178. The first-order valence-electron chi connectivity index (χ1n) is 8.76. The van der Waals surface area contributed by atoms with Gasteiger partial charge in [0.25, 0.3) is 0 Å². The van der Waals surface area contributed by atoms with Crippen molar-refractivity contribution in [2.75, 3.05) is 12.4 Å². The van der Waals surface area contributed by atoms with Crippen molar-refractivity contribution < 1.29 is 19.4 Å². The van der Waals surface area contributed by atoms with Gasteiger partial charge in [-0.3, -0.25) is 9.59 Å². The van der Waals surface area contributed by atoms with E-state index < -0.39 is 5.25 Å². The summed E-state index contributed by atoms with van der Waals surface area (Å²) in [7, 11) is 1.45. The molecule has 2 aromatic carbocycles. The van der Waals surface area contributed by atoms with Gasteiger partial charge in [-0.1, -0.05) is 29.5 Å². The fourth-order valence-electron chi connectivity index (χ4n) is 2.53. The Labute approximate surface area is 172 Å². The van der Waals surface area contributed by atoms with Crippen molar-refractivity contribution in [3.8, 4) is 11.5 Å². The van der Waals surface area contributed by atoms with E-state index in [1.807, 2.05) is 31.2 Å². The molecule has 3 N–H and O–H groups in total. The number of nitrogens with one attached hydrogen (secondary N) is 2. The summed E-state index contributed by atoms with van der Waals surface area (Å²) in [6.45, 7) is 1.96. The fourth-order valence-corrected chi connectivity index (χ4v) is 3.45. The number of thioether (sulfide) groups is 1. The van der Waals surface area contributed by atoms with E-state index in [-0.39, 0.29) is 24.0 Å². The van der Waals surface area contributed by atoms with Gasteiger partial charge < -0.3 is 20.5 Å². The van der Waals surface area contributed by atoms with Crippen molar-refractivity contribution in [3.63, 3.8) is 0 Å². The number of hydrogen-bond donors (Lipinski definition) is 3. The number of amides is 2. The molecule has 0 saturated carbocycles. The number of aryl methyl sites for hydroxylation is 1. The Bertz CT molecular complexity index is 973. The summed E-state index contributed by atoms with van der Waals surface area (Å²) in [5.41, 5.74) is 2.46. The minimum absolute atomic E-state index is 0.0290. The molecule has 1 heterocycles. The zero-order valence-electron chi connectivity index (χ0n) is 15.9. The Morgan fingerprint density at radius 1 is 1.31 bits per heavy atom. The number of amidine groups is 1. The van der Waals surface area contributed by atoms with Crippen LogP contribution in [0, 0.1) is 6.92 Å². The molecule has 29 heavy (non-hydrogen) atoms. The van der Waals surface area contributed by atoms with Crippen molar-refractivity contribution in [1.82, 2.24) is 5.32 Å². The number of aromatic hydroxyl groups is 1. The molecule has 0 aliphatic carbocycles. The van der Waals surface area contributed by atoms with Crippen LogP contribution in [-0.2, 0) is 9.59 Å². The maximum atomic E-state index is 12.2. The van der Waals surface area contributed by atoms with E-state index in [0.29, 0.717) is 22.2 Å². The highest BCUT2D eigenvalue weighted by atomic mass is 32.2. The Morgan fingerprint density at radius 2 is 2.07 bits per heavy atom. The molecule has 2 amide bonds. The molecule has 0 radical (unpaired) electrons. The lowest BCUT2D eigenvalue weighted by atomic mass is 10.2. The number of anilines is 1. The van der Waals surface area contributed by atoms with Gasteiger partial charge in [0.2, 0.25) is 11.8 Å². The van der Waals surface area contributed by atoms with Crippen LogP contribution in [0.1, 0.15) is 17.5 Å². The van der Waals surface area contributed by atoms with E-state index in [2.05, 4.69) is 20.8 Å². The predicted octanol–water partition coefficient (Wildman–Crippen LogP) is 2.66. The summed E-state index contributed by atoms with van der Waals surface area (Å²) in [6.07, 6.45) is 1.50. The third-order valence-corrected chi connectivity index (χ3v) is 5.11. The Balaban J connectivity index is 1.56. The first kappa shape index (κ1) is 20.4. The first-order chi connectivity index (χ1) is 13.9. The molecular formula is C20H20N4O4S. The molecule has 1 saturated heterocycles. The quantitative estimate of drug-likeness (QED) is 0.499. The molecule has 1 unspecified atom stereocenters. The summed E-state index contributed by atoms with van der Waals surface area (Å²) < 4.78 is 5.03. The van der Waals surface area contributed by atoms with Crippen LogP contribution in [0.5, 0.6) is 11.5 Å². The largest absolute Gasteiger partial charge is 0.504 e. The summed E-state index contributed by atoms with van der Waals surface area (Å²) >= 11 is 1.16. The number of carbonyl (C=O) groups is 2. The monoisotopic (exact) mass is 412 g/mol. The lowest BCUT2D eigenvalue weighted by Gasteiger charge is -2.07. The zero-order chi connectivity index (χ0) is 20.8. The van der Waals surface area contributed by atoms with Gasteiger partial charge in [0.15, 0.2) is 16.7 Å². The van der Waals surface area contributed by atoms with Crippen molar-refractivity contribution in [1.29, 1.82) is 0 Å². The van der Waals surface area contributed by atoms with E-state index in [1.54, 1.807) is 12.1 Å². The van der Waals surface area contributed by atoms with E-state index in [0.717, 1.165) is 17.3 Å². The van der Waals surface area contributed by atoms with Crippen LogP contribution in [0.2, 0.25) is 0 Å². The van der Waals surface area contributed by atoms with Gasteiger partial charge in [-0.05, 0) is 42.8 Å². The Kier molecular flexibility index (Phi) is 6.50. The highest BCUT2D eigenvalue weighted by Gasteiger charge is 2.32. The maximum absolute atomic E-state index is 12.2. The lowest BCUT2D eigenvalue weighted by molar-refractivity contribution is -0.122. The average Bonchev–Trinajstić information content (AvgIpc) is 3.04. The number of nitrogens with zero attached hydrogens (tertiary/aromatic N) is 2. The van der Waals surface area contributed by atoms with Crippen LogP contribution in [-0.4, -0.2) is 40.7 Å². The molecule has 0 aromatic heterocycles. The smallest absolute Gasteiger partial charge is 0.240 e. The molecule has 9 heteroatoms. The van der Waals surface area contributed by atoms with Crippen LogP contribution in [0.3, 0.4) is 0 Å². The normalized spacial score (nSPS) is 17.5. The van der Waals surface area contributed by atoms with E-state index in [9.17, 15) is 14.7 Å².